The van der Waals surface area contributed by atoms with Crippen LogP contribution in [0.2, 0.25) is 0 Å². The highest BCUT2D eigenvalue weighted by atomic mass is 16.3. The van der Waals surface area contributed by atoms with Gasteiger partial charge in [-0.2, -0.15) is 0 Å². The molecule has 1 heterocycles. The molecule has 1 aromatic heterocycles. The smallest absolute Gasteiger partial charge is 0.137 e. The van der Waals surface area contributed by atoms with E-state index in [9.17, 15) is 0 Å². The lowest BCUT2D eigenvalue weighted by atomic mass is 9.87. The summed E-state index contributed by atoms with van der Waals surface area (Å²) >= 11 is 0. The molecule has 0 bridgehead atoms. The van der Waals surface area contributed by atoms with Crippen molar-refractivity contribution in [3.8, 4) is 33.4 Å². The quantitative estimate of drug-likeness (QED) is 0.157. The largest absolute Gasteiger partial charge is 0.456 e. The monoisotopic (exact) mass is 763 g/mol. The average molecular weight is 764 g/mol. The summed E-state index contributed by atoms with van der Waals surface area (Å²) in [5.74, 6) is 0. The molecule has 0 fully saturated rings. The Bertz CT molecular complexity index is 3600. The number of benzene rings is 11. The van der Waals surface area contributed by atoms with Gasteiger partial charge in [-0.3, -0.25) is 0 Å². The topological polar surface area (TPSA) is 16.4 Å². The van der Waals surface area contributed by atoms with Crippen molar-refractivity contribution < 1.29 is 4.42 Å². The first kappa shape index (κ1) is 34.1. The molecule has 0 aliphatic heterocycles. The second kappa shape index (κ2) is 13.9. The molecule has 60 heavy (non-hydrogen) atoms. The molecular formula is C58H37NO. The Hall–Kier alpha value is -7.94. The lowest BCUT2D eigenvalue weighted by Crippen LogP contribution is -2.10. The van der Waals surface area contributed by atoms with Crippen LogP contribution in [0.15, 0.2) is 229 Å². The molecule has 0 aliphatic rings. The number of nitrogens with zero attached hydrogens (tertiary/aromatic N) is 1. The van der Waals surface area contributed by atoms with E-state index in [1.807, 2.05) is 12.1 Å². The minimum Gasteiger partial charge on any atom is -0.456 e. The van der Waals surface area contributed by atoms with Gasteiger partial charge in [-0.05, 0) is 131 Å². The minimum atomic E-state index is 0.869. The molecule has 2 heteroatoms. The molecule has 0 radical (unpaired) electrons. The van der Waals surface area contributed by atoms with Crippen LogP contribution in [0.25, 0.3) is 98.4 Å². The highest BCUT2D eigenvalue weighted by Crippen LogP contribution is 2.44. The summed E-state index contributed by atoms with van der Waals surface area (Å²) in [7, 11) is 0. The van der Waals surface area contributed by atoms with E-state index in [1.165, 1.54) is 70.9 Å². The fourth-order valence-electron chi connectivity index (χ4n) is 9.35. The summed E-state index contributed by atoms with van der Waals surface area (Å²) in [6.45, 7) is 0. The molecule has 0 spiro atoms. The number of rotatable bonds is 6. The zero-order chi connectivity index (χ0) is 39.6. The maximum Gasteiger partial charge on any atom is 0.137 e. The normalized spacial score (nSPS) is 11.7. The first-order valence-electron chi connectivity index (χ1n) is 20.6. The molecule has 0 atom stereocenters. The Morgan fingerprint density at radius 1 is 0.267 bits per heavy atom. The predicted octanol–water partition coefficient (Wildman–Crippen LogP) is 16.7. The van der Waals surface area contributed by atoms with E-state index < -0.39 is 0 Å². The molecule has 0 unspecified atom stereocenters. The summed E-state index contributed by atoms with van der Waals surface area (Å²) in [6, 6.07) is 81.3. The number of para-hydroxylation sites is 1. The van der Waals surface area contributed by atoms with Gasteiger partial charge in [-0.25, -0.2) is 0 Å². The van der Waals surface area contributed by atoms with Gasteiger partial charge in [-0.15, -0.1) is 0 Å². The molecular weight excluding hydrogens is 727 g/mol. The van der Waals surface area contributed by atoms with Crippen LogP contribution in [0, 0.1) is 0 Å². The van der Waals surface area contributed by atoms with Gasteiger partial charge in [0.25, 0.3) is 0 Å². The zero-order valence-electron chi connectivity index (χ0n) is 32.7. The van der Waals surface area contributed by atoms with Gasteiger partial charge in [0.05, 0.1) is 0 Å². The molecule has 280 valence electrons. The molecule has 2 nitrogen and oxygen atoms in total. The summed E-state index contributed by atoms with van der Waals surface area (Å²) in [6.07, 6.45) is 0. The number of hydrogen-bond acceptors (Lipinski definition) is 2. The van der Waals surface area contributed by atoms with E-state index in [-0.39, 0.29) is 0 Å². The van der Waals surface area contributed by atoms with Crippen molar-refractivity contribution in [1.82, 2.24) is 0 Å². The Morgan fingerprint density at radius 3 is 1.63 bits per heavy atom. The van der Waals surface area contributed by atoms with Crippen molar-refractivity contribution >= 4 is 82.1 Å². The van der Waals surface area contributed by atoms with Crippen molar-refractivity contribution in [3.63, 3.8) is 0 Å². The van der Waals surface area contributed by atoms with Gasteiger partial charge in [0, 0.05) is 33.9 Å². The Labute approximate surface area is 347 Å². The highest BCUT2D eigenvalue weighted by molar-refractivity contribution is 6.30. The fourth-order valence-corrected chi connectivity index (χ4v) is 9.35. The summed E-state index contributed by atoms with van der Waals surface area (Å²) < 4.78 is 6.40. The molecule has 0 aliphatic carbocycles. The van der Waals surface area contributed by atoms with Crippen LogP contribution >= 0.6 is 0 Å². The number of furan rings is 1. The third kappa shape index (κ3) is 5.65. The molecule has 0 amide bonds. The molecule has 0 saturated carbocycles. The average Bonchev–Trinajstić information content (AvgIpc) is 3.70. The zero-order valence-corrected chi connectivity index (χ0v) is 32.7. The molecule has 11 aromatic carbocycles. The SMILES string of the molecule is c1ccc(-c2cccc(N(c3ccc(-c4cccc(-c5cc6ccc7ccccc7c6c6c5ccc5ccccc56)c4)cc3)c3ccc4c(c3)oc3ccccc34)c2)cc1. The van der Waals surface area contributed by atoms with Crippen LogP contribution in [-0.4, -0.2) is 0 Å². The van der Waals surface area contributed by atoms with E-state index in [0.717, 1.165) is 44.6 Å². The molecule has 0 saturated heterocycles. The van der Waals surface area contributed by atoms with E-state index in [2.05, 4.69) is 217 Å². The van der Waals surface area contributed by atoms with Crippen LogP contribution in [0.1, 0.15) is 0 Å². The van der Waals surface area contributed by atoms with E-state index in [0.29, 0.717) is 0 Å². The molecule has 12 rings (SSSR count). The fraction of sp³-hybridized carbons (Fsp3) is 0. The first-order chi connectivity index (χ1) is 29.7. The van der Waals surface area contributed by atoms with Crippen LogP contribution in [0.4, 0.5) is 17.1 Å². The molecule has 0 N–H and O–H groups in total. The minimum absolute atomic E-state index is 0.869. The number of fused-ring (bicyclic) bond motifs is 10. The van der Waals surface area contributed by atoms with Gasteiger partial charge in [-0.1, -0.05) is 164 Å². The summed E-state index contributed by atoms with van der Waals surface area (Å²) in [5, 5.41) is 12.5. The number of hydrogen-bond donors (Lipinski definition) is 0. The van der Waals surface area contributed by atoms with Gasteiger partial charge < -0.3 is 9.32 Å². The standard InChI is InChI=1S/C58H37NO/c1-2-12-38(13-3-1)43-17-11-19-47(35-43)59(48-31-33-52-51-22-8-9-23-55(51)60-56(52)37-48)46-29-26-39(27-30-46)42-16-10-18-44(34-42)54-36-45-25-24-40-14-4-6-20-49(40)57(45)58-50-21-7-5-15-41(50)28-32-53(54)58/h1-37H. The second-order valence-corrected chi connectivity index (χ2v) is 15.7. The van der Waals surface area contributed by atoms with Crippen molar-refractivity contribution in [1.29, 1.82) is 0 Å². The lowest BCUT2D eigenvalue weighted by molar-refractivity contribution is 0.669. The van der Waals surface area contributed by atoms with E-state index in [1.54, 1.807) is 0 Å². The summed E-state index contributed by atoms with van der Waals surface area (Å²) in [4.78, 5) is 2.33. The molecule has 12 aromatic rings. The van der Waals surface area contributed by atoms with Crippen LogP contribution < -0.4 is 4.90 Å². The number of anilines is 3. The van der Waals surface area contributed by atoms with E-state index >= 15 is 0 Å². The lowest BCUT2D eigenvalue weighted by Gasteiger charge is -2.26. The van der Waals surface area contributed by atoms with Crippen molar-refractivity contribution in [2.45, 2.75) is 0 Å². The van der Waals surface area contributed by atoms with E-state index in [4.69, 9.17) is 4.42 Å². The first-order valence-corrected chi connectivity index (χ1v) is 20.6. The van der Waals surface area contributed by atoms with Gasteiger partial charge >= 0.3 is 0 Å². The Kier molecular flexibility index (Phi) is 7.89. The third-order valence-electron chi connectivity index (χ3n) is 12.2. The maximum atomic E-state index is 6.40. The third-order valence-corrected chi connectivity index (χ3v) is 12.2. The highest BCUT2D eigenvalue weighted by Gasteiger charge is 2.18. The predicted molar refractivity (Wildman–Crippen MR) is 255 cm³/mol. The van der Waals surface area contributed by atoms with Gasteiger partial charge in [0.1, 0.15) is 11.2 Å². The van der Waals surface area contributed by atoms with Crippen LogP contribution in [-0.2, 0) is 0 Å². The maximum absolute atomic E-state index is 6.40. The van der Waals surface area contributed by atoms with Gasteiger partial charge in [0.2, 0.25) is 0 Å². The van der Waals surface area contributed by atoms with Crippen LogP contribution in [0.3, 0.4) is 0 Å². The van der Waals surface area contributed by atoms with Crippen molar-refractivity contribution in [2.75, 3.05) is 4.90 Å². The van der Waals surface area contributed by atoms with Crippen molar-refractivity contribution in [2.24, 2.45) is 0 Å². The Balaban J connectivity index is 0.979. The van der Waals surface area contributed by atoms with Crippen molar-refractivity contribution in [3.05, 3.63) is 224 Å². The van der Waals surface area contributed by atoms with Gasteiger partial charge in [0.15, 0.2) is 0 Å². The second-order valence-electron chi connectivity index (χ2n) is 15.7. The van der Waals surface area contributed by atoms with Crippen LogP contribution in [0.5, 0.6) is 0 Å². The summed E-state index contributed by atoms with van der Waals surface area (Å²) in [5.41, 5.74) is 12.1. The Morgan fingerprint density at radius 2 is 0.817 bits per heavy atom.